The number of imide groups is 1. The van der Waals surface area contributed by atoms with E-state index < -0.39 is 23.4 Å². The number of hydrogen-bond donors (Lipinski definition) is 0. The van der Waals surface area contributed by atoms with Gasteiger partial charge in [0.15, 0.2) is 0 Å². The van der Waals surface area contributed by atoms with Crippen molar-refractivity contribution < 1.29 is 28.3 Å². The first kappa shape index (κ1) is 22.1. The monoisotopic (exact) mass is 469 g/mol. The highest BCUT2D eigenvalue weighted by molar-refractivity contribution is 6.21. The summed E-state index contributed by atoms with van der Waals surface area (Å²) < 4.78 is 15.8. The summed E-state index contributed by atoms with van der Waals surface area (Å²) in [5.41, 5.74) is 1.52. The number of methoxy groups -OCH3 is 1. The SMILES string of the molecule is COc1ccc2c(COC(=O)c3ccc4c(c3)C(=O)N(Cc3ccccc3)C4=O)cc(=O)oc2c1. The standard InChI is InChI=1S/C27H19NO7/c1-33-19-8-10-20-18(12-24(29)35-23(20)13-19)15-34-27(32)17-7-9-21-22(11-17)26(31)28(25(21)30)14-16-5-3-2-4-6-16/h2-13H,14-15H2,1H3. The zero-order valence-corrected chi connectivity index (χ0v) is 18.6. The fraction of sp³-hybridized carbons (Fsp3) is 0.111. The molecular weight excluding hydrogens is 450 g/mol. The minimum Gasteiger partial charge on any atom is -0.497 e. The zero-order chi connectivity index (χ0) is 24.5. The van der Waals surface area contributed by atoms with Crippen LogP contribution >= 0.6 is 0 Å². The Hall–Kier alpha value is -4.72. The molecule has 0 spiro atoms. The average molecular weight is 469 g/mol. The van der Waals surface area contributed by atoms with E-state index in [-0.39, 0.29) is 29.8 Å². The molecule has 1 aromatic heterocycles. The molecule has 0 atom stereocenters. The van der Waals surface area contributed by atoms with Gasteiger partial charge in [-0.05, 0) is 35.9 Å². The molecule has 0 bridgehead atoms. The molecule has 0 radical (unpaired) electrons. The van der Waals surface area contributed by atoms with E-state index in [1.807, 2.05) is 30.3 Å². The lowest BCUT2D eigenvalue weighted by atomic mass is 10.1. The second kappa shape index (κ2) is 8.90. The summed E-state index contributed by atoms with van der Waals surface area (Å²) in [7, 11) is 1.50. The van der Waals surface area contributed by atoms with Crippen LogP contribution in [0.1, 0.15) is 42.2 Å². The molecule has 174 valence electrons. The molecule has 8 heteroatoms. The van der Waals surface area contributed by atoms with Gasteiger partial charge in [-0.15, -0.1) is 0 Å². The molecule has 2 heterocycles. The molecule has 0 saturated carbocycles. The highest BCUT2D eigenvalue weighted by atomic mass is 16.5. The molecule has 8 nitrogen and oxygen atoms in total. The fourth-order valence-corrected chi connectivity index (χ4v) is 4.01. The molecule has 0 unspecified atom stereocenters. The van der Waals surface area contributed by atoms with Gasteiger partial charge in [0.05, 0.1) is 30.3 Å². The second-order valence-corrected chi connectivity index (χ2v) is 7.97. The lowest BCUT2D eigenvalue weighted by Crippen LogP contribution is -2.29. The molecule has 1 aliphatic heterocycles. The van der Waals surface area contributed by atoms with Crippen LogP contribution in [0.25, 0.3) is 11.0 Å². The van der Waals surface area contributed by atoms with Crippen LogP contribution in [0.2, 0.25) is 0 Å². The summed E-state index contributed by atoms with van der Waals surface area (Å²) in [6, 6.07) is 19.7. The van der Waals surface area contributed by atoms with Crippen molar-refractivity contribution in [2.45, 2.75) is 13.2 Å². The molecule has 0 aliphatic carbocycles. The van der Waals surface area contributed by atoms with Crippen molar-refractivity contribution in [3.8, 4) is 5.75 Å². The minimum absolute atomic E-state index is 0.125. The van der Waals surface area contributed by atoms with Crippen molar-refractivity contribution in [1.82, 2.24) is 4.90 Å². The Bertz CT molecular complexity index is 1540. The summed E-state index contributed by atoms with van der Waals surface area (Å²) >= 11 is 0. The topological polar surface area (TPSA) is 103 Å². The van der Waals surface area contributed by atoms with Gasteiger partial charge in [0, 0.05) is 23.1 Å². The number of rotatable bonds is 6. The molecule has 5 rings (SSSR count). The Kier molecular flexibility index (Phi) is 5.62. The number of ether oxygens (including phenoxy) is 2. The van der Waals surface area contributed by atoms with Gasteiger partial charge in [-0.2, -0.15) is 0 Å². The van der Waals surface area contributed by atoms with Crippen LogP contribution in [-0.4, -0.2) is 29.8 Å². The van der Waals surface area contributed by atoms with E-state index in [4.69, 9.17) is 13.9 Å². The first-order valence-corrected chi connectivity index (χ1v) is 10.8. The molecule has 2 amide bonds. The highest BCUT2D eigenvalue weighted by Gasteiger charge is 2.36. The van der Waals surface area contributed by atoms with Crippen molar-refractivity contribution >= 4 is 28.8 Å². The van der Waals surface area contributed by atoms with Gasteiger partial charge in [-0.25, -0.2) is 9.59 Å². The number of fused-ring (bicyclic) bond motifs is 2. The molecule has 35 heavy (non-hydrogen) atoms. The Morgan fingerprint density at radius 3 is 2.43 bits per heavy atom. The van der Waals surface area contributed by atoms with E-state index in [0.717, 1.165) is 10.5 Å². The third-order valence-electron chi connectivity index (χ3n) is 5.79. The van der Waals surface area contributed by atoms with E-state index >= 15 is 0 Å². The highest BCUT2D eigenvalue weighted by Crippen LogP contribution is 2.27. The number of carbonyl (C=O) groups is 3. The summed E-state index contributed by atoms with van der Waals surface area (Å²) in [6.07, 6.45) is 0. The van der Waals surface area contributed by atoms with Gasteiger partial charge in [0.2, 0.25) is 0 Å². The van der Waals surface area contributed by atoms with Crippen LogP contribution in [0.15, 0.2) is 82.0 Å². The van der Waals surface area contributed by atoms with Crippen molar-refractivity contribution in [3.63, 3.8) is 0 Å². The van der Waals surface area contributed by atoms with E-state index in [0.29, 0.717) is 22.3 Å². The molecular formula is C27H19NO7. The Labute approximate surface area is 199 Å². The number of hydrogen-bond acceptors (Lipinski definition) is 7. The number of carbonyl (C=O) groups excluding carboxylic acids is 3. The molecule has 1 aliphatic rings. The first-order chi connectivity index (χ1) is 16.9. The van der Waals surface area contributed by atoms with Crippen molar-refractivity contribution in [1.29, 1.82) is 0 Å². The maximum absolute atomic E-state index is 12.9. The fourth-order valence-electron chi connectivity index (χ4n) is 4.01. The van der Waals surface area contributed by atoms with Crippen LogP contribution in [0.5, 0.6) is 5.75 Å². The van der Waals surface area contributed by atoms with E-state index in [9.17, 15) is 19.2 Å². The first-order valence-electron chi connectivity index (χ1n) is 10.8. The Morgan fingerprint density at radius 1 is 0.886 bits per heavy atom. The van der Waals surface area contributed by atoms with Crippen molar-refractivity contribution in [2.24, 2.45) is 0 Å². The van der Waals surface area contributed by atoms with Gasteiger partial charge >= 0.3 is 11.6 Å². The third kappa shape index (κ3) is 4.17. The van der Waals surface area contributed by atoms with Crippen LogP contribution in [0, 0.1) is 0 Å². The molecule has 0 N–H and O–H groups in total. The van der Waals surface area contributed by atoms with Crippen molar-refractivity contribution in [2.75, 3.05) is 7.11 Å². The second-order valence-electron chi connectivity index (χ2n) is 7.97. The molecule has 4 aromatic rings. The largest absolute Gasteiger partial charge is 0.497 e. The van der Waals surface area contributed by atoms with Crippen LogP contribution < -0.4 is 10.4 Å². The van der Waals surface area contributed by atoms with Gasteiger partial charge in [0.25, 0.3) is 11.8 Å². The third-order valence-corrected chi connectivity index (χ3v) is 5.79. The van der Waals surface area contributed by atoms with E-state index in [2.05, 4.69) is 0 Å². The molecule has 0 fully saturated rings. The van der Waals surface area contributed by atoms with Gasteiger partial charge in [-0.3, -0.25) is 14.5 Å². The predicted molar refractivity (Wildman–Crippen MR) is 125 cm³/mol. The quantitative estimate of drug-likeness (QED) is 0.239. The summed E-state index contributed by atoms with van der Waals surface area (Å²) in [6.45, 7) is -0.0429. The lowest BCUT2D eigenvalue weighted by molar-refractivity contribution is 0.0473. The number of benzene rings is 3. The minimum atomic E-state index is -0.690. The van der Waals surface area contributed by atoms with Crippen LogP contribution in [0.4, 0.5) is 0 Å². The molecule has 0 saturated heterocycles. The number of amides is 2. The Morgan fingerprint density at radius 2 is 1.66 bits per heavy atom. The van der Waals surface area contributed by atoms with E-state index in [1.54, 1.807) is 18.2 Å². The number of esters is 1. The van der Waals surface area contributed by atoms with Crippen LogP contribution in [0.3, 0.4) is 0 Å². The predicted octanol–water partition coefficient (Wildman–Crippen LogP) is 3.95. The average Bonchev–Trinajstić information content (AvgIpc) is 3.11. The van der Waals surface area contributed by atoms with Crippen LogP contribution in [-0.2, 0) is 17.9 Å². The Balaban J connectivity index is 1.35. The van der Waals surface area contributed by atoms with Gasteiger partial charge < -0.3 is 13.9 Å². The maximum atomic E-state index is 12.9. The number of nitrogens with zero attached hydrogens (tertiary/aromatic N) is 1. The smallest absolute Gasteiger partial charge is 0.338 e. The van der Waals surface area contributed by atoms with E-state index in [1.165, 1.54) is 31.4 Å². The summed E-state index contributed by atoms with van der Waals surface area (Å²) in [5.74, 6) is -1.05. The lowest BCUT2D eigenvalue weighted by Gasteiger charge is -2.13. The van der Waals surface area contributed by atoms with Gasteiger partial charge in [-0.1, -0.05) is 30.3 Å². The summed E-state index contributed by atoms with van der Waals surface area (Å²) in [5, 5.41) is 0.601. The van der Waals surface area contributed by atoms with Crippen molar-refractivity contribution in [3.05, 3.63) is 111 Å². The van der Waals surface area contributed by atoms with Gasteiger partial charge in [0.1, 0.15) is 17.9 Å². The summed E-state index contributed by atoms with van der Waals surface area (Å²) in [4.78, 5) is 51.5. The normalized spacial score (nSPS) is 12.7. The maximum Gasteiger partial charge on any atom is 0.338 e. The molecule has 3 aromatic carbocycles. The zero-order valence-electron chi connectivity index (χ0n) is 18.6.